The second-order valence-corrected chi connectivity index (χ2v) is 5.74. The van der Waals surface area contributed by atoms with Crippen LogP contribution in [0.15, 0.2) is 41.3 Å². The third-order valence-corrected chi connectivity index (χ3v) is 4.03. The Bertz CT molecular complexity index is 704. The number of ether oxygens (including phenoxy) is 1. The summed E-state index contributed by atoms with van der Waals surface area (Å²) >= 11 is 1.58. The molecule has 0 aliphatic rings. The van der Waals surface area contributed by atoms with Crippen LogP contribution in [0.2, 0.25) is 0 Å². The van der Waals surface area contributed by atoms with Crippen molar-refractivity contribution in [1.82, 2.24) is 15.5 Å². The Balaban J connectivity index is 2.17. The number of carboxylic acids is 1. The smallest absolute Gasteiger partial charge is 0.305 e. The number of hydrogen-bond donors (Lipinski definition) is 2. The summed E-state index contributed by atoms with van der Waals surface area (Å²) in [6.07, 6.45) is 1.72. The van der Waals surface area contributed by atoms with Crippen LogP contribution in [-0.2, 0) is 4.79 Å². The molecule has 7 nitrogen and oxygen atoms in total. The van der Waals surface area contributed by atoms with Gasteiger partial charge < -0.3 is 15.2 Å². The first-order valence-corrected chi connectivity index (χ1v) is 8.30. The second-order valence-electron chi connectivity index (χ2n) is 4.86. The standard InChI is InChI=1S/C16H17N3O4S/c1-23-14-8-7-12(18-19-14)16(22)17-13(9-15(20)21)10-3-5-11(24-2)6-4-10/h3-8,13H,9H2,1-2H3,(H,17,22)(H,20,21). The largest absolute Gasteiger partial charge is 0.481 e. The van der Waals surface area contributed by atoms with E-state index in [4.69, 9.17) is 9.84 Å². The van der Waals surface area contributed by atoms with Crippen LogP contribution in [0.1, 0.15) is 28.5 Å². The Morgan fingerprint density at radius 2 is 1.92 bits per heavy atom. The Morgan fingerprint density at radius 3 is 2.42 bits per heavy atom. The van der Waals surface area contributed by atoms with E-state index in [0.717, 1.165) is 4.90 Å². The zero-order valence-electron chi connectivity index (χ0n) is 13.2. The monoisotopic (exact) mass is 347 g/mol. The summed E-state index contributed by atoms with van der Waals surface area (Å²) in [5.41, 5.74) is 0.803. The second kappa shape index (κ2) is 8.30. The van der Waals surface area contributed by atoms with Gasteiger partial charge in [-0.3, -0.25) is 9.59 Å². The zero-order chi connectivity index (χ0) is 17.5. The van der Waals surface area contributed by atoms with Gasteiger partial charge in [0.25, 0.3) is 5.91 Å². The molecule has 0 bridgehead atoms. The number of carbonyl (C=O) groups excluding carboxylic acids is 1. The summed E-state index contributed by atoms with van der Waals surface area (Å²) in [7, 11) is 1.45. The molecule has 1 aromatic heterocycles. The van der Waals surface area contributed by atoms with Crippen LogP contribution in [0.3, 0.4) is 0 Å². The summed E-state index contributed by atoms with van der Waals surface area (Å²) in [6.45, 7) is 0. The van der Waals surface area contributed by atoms with E-state index in [1.807, 2.05) is 18.4 Å². The molecule has 24 heavy (non-hydrogen) atoms. The predicted octanol–water partition coefficient (Wildman–Crippen LogP) is 2.15. The third kappa shape index (κ3) is 4.69. The van der Waals surface area contributed by atoms with E-state index in [9.17, 15) is 9.59 Å². The average Bonchev–Trinajstić information content (AvgIpc) is 2.61. The van der Waals surface area contributed by atoms with Crippen LogP contribution in [-0.4, -0.2) is 40.5 Å². The average molecular weight is 347 g/mol. The number of amides is 1. The fourth-order valence-corrected chi connectivity index (χ4v) is 2.45. The fourth-order valence-electron chi connectivity index (χ4n) is 2.05. The number of carboxylic acid groups (broad SMARTS) is 1. The van der Waals surface area contributed by atoms with Gasteiger partial charge in [-0.15, -0.1) is 22.0 Å². The van der Waals surface area contributed by atoms with Crippen molar-refractivity contribution < 1.29 is 19.4 Å². The molecule has 0 saturated carbocycles. The number of nitrogens with one attached hydrogen (secondary N) is 1. The van der Waals surface area contributed by atoms with Crippen LogP contribution < -0.4 is 10.1 Å². The van der Waals surface area contributed by atoms with Crippen LogP contribution in [0, 0.1) is 0 Å². The lowest BCUT2D eigenvalue weighted by Crippen LogP contribution is -2.31. The van der Waals surface area contributed by atoms with E-state index in [2.05, 4.69) is 15.5 Å². The normalized spacial score (nSPS) is 11.6. The molecule has 2 aromatic rings. The number of nitrogens with zero attached hydrogens (tertiary/aromatic N) is 2. The Morgan fingerprint density at radius 1 is 1.21 bits per heavy atom. The fraction of sp³-hybridized carbons (Fsp3) is 0.250. The highest BCUT2D eigenvalue weighted by Crippen LogP contribution is 2.21. The molecule has 0 radical (unpaired) electrons. The quantitative estimate of drug-likeness (QED) is 0.740. The topological polar surface area (TPSA) is 101 Å². The molecule has 2 N–H and O–H groups in total. The minimum Gasteiger partial charge on any atom is -0.481 e. The summed E-state index contributed by atoms with van der Waals surface area (Å²) in [5, 5.41) is 19.3. The highest BCUT2D eigenvalue weighted by molar-refractivity contribution is 7.98. The minimum atomic E-state index is -1.00. The van der Waals surface area contributed by atoms with Crippen LogP contribution in [0.5, 0.6) is 5.88 Å². The molecule has 126 valence electrons. The van der Waals surface area contributed by atoms with E-state index < -0.39 is 17.9 Å². The molecule has 1 atom stereocenters. The molecule has 0 spiro atoms. The number of methoxy groups -OCH3 is 1. The maximum atomic E-state index is 12.3. The predicted molar refractivity (Wildman–Crippen MR) is 89.3 cm³/mol. The molecule has 0 aliphatic heterocycles. The van der Waals surface area contributed by atoms with Gasteiger partial charge in [0, 0.05) is 11.0 Å². The molecule has 2 rings (SSSR count). The first kappa shape index (κ1) is 17.7. The van der Waals surface area contributed by atoms with Gasteiger partial charge in [0.05, 0.1) is 19.6 Å². The molecule has 1 aromatic carbocycles. The number of carbonyl (C=O) groups is 2. The van der Waals surface area contributed by atoms with Crippen molar-refractivity contribution in [2.24, 2.45) is 0 Å². The van der Waals surface area contributed by atoms with E-state index in [1.54, 1.807) is 23.9 Å². The number of aromatic nitrogens is 2. The zero-order valence-corrected chi connectivity index (χ0v) is 14.0. The molecule has 1 unspecified atom stereocenters. The number of aliphatic carboxylic acids is 1. The minimum absolute atomic E-state index is 0.0897. The molecular formula is C16H17N3O4S. The summed E-state index contributed by atoms with van der Waals surface area (Å²) in [4.78, 5) is 24.4. The molecule has 0 aliphatic carbocycles. The van der Waals surface area contributed by atoms with Crippen LogP contribution in [0.25, 0.3) is 0 Å². The van der Waals surface area contributed by atoms with Gasteiger partial charge in [-0.25, -0.2) is 0 Å². The van der Waals surface area contributed by atoms with Crippen molar-refractivity contribution in [3.63, 3.8) is 0 Å². The van der Waals surface area contributed by atoms with Gasteiger partial charge >= 0.3 is 5.97 Å². The molecule has 0 fully saturated rings. The first-order chi connectivity index (χ1) is 11.5. The lowest BCUT2D eigenvalue weighted by atomic mass is 10.0. The maximum absolute atomic E-state index is 12.3. The molecule has 8 heteroatoms. The van der Waals surface area contributed by atoms with Crippen molar-refractivity contribution in [2.45, 2.75) is 17.4 Å². The molecular weight excluding hydrogens is 330 g/mol. The van der Waals surface area contributed by atoms with Gasteiger partial charge in [-0.2, -0.15) is 0 Å². The molecule has 0 saturated heterocycles. The number of rotatable bonds is 7. The van der Waals surface area contributed by atoms with Gasteiger partial charge in [0.15, 0.2) is 5.69 Å². The van der Waals surface area contributed by atoms with Crippen molar-refractivity contribution in [3.8, 4) is 5.88 Å². The van der Waals surface area contributed by atoms with Gasteiger partial charge in [-0.05, 0) is 30.0 Å². The molecule has 1 amide bonds. The van der Waals surface area contributed by atoms with Crippen molar-refractivity contribution in [1.29, 1.82) is 0 Å². The van der Waals surface area contributed by atoms with E-state index in [-0.39, 0.29) is 12.1 Å². The number of hydrogen-bond acceptors (Lipinski definition) is 6. The van der Waals surface area contributed by atoms with Crippen LogP contribution in [0.4, 0.5) is 0 Å². The number of benzene rings is 1. The van der Waals surface area contributed by atoms with Gasteiger partial charge in [0.2, 0.25) is 5.88 Å². The van der Waals surface area contributed by atoms with Crippen LogP contribution >= 0.6 is 11.8 Å². The molecule has 1 heterocycles. The highest BCUT2D eigenvalue weighted by Gasteiger charge is 2.20. The Labute approximate surface area is 143 Å². The lowest BCUT2D eigenvalue weighted by molar-refractivity contribution is -0.137. The van der Waals surface area contributed by atoms with Gasteiger partial charge in [-0.1, -0.05) is 12.1 Å². The Kier molecular flexibility index (Phi) is 6.14. The summed E-state index contributed by atoms with van der Waals surface area (Å²) < 4.78 is 4.89. The van der Waals surface area contributed by atoms with Crippen molar-refractivity contribution in [3.05, 3.63) is 47.7 Å². The lowest BCUT2D eigenvalue weighted by Gasteiger charge is -2.17. The third-order valence-electron chi connectivity index (χ3n) is 3.28. The summed E-state index contributed by atoms with van der Waals surface area (Å²) in [5.74, 6) is -1.21. The number of thioether (sulfide) groups is 1. The van der Waals surface area contributed by atoms with E-state index in [1.165, 1.54) is 19.2 Å². The van der Waals surface area contributed by atoms with E-state index in [0.29, 0.717) is 11.4 Å². The first-order valence-electron chi connectivity index (χ1n) is 7.08. The van der Waals surface area contributed by atoms with Gasteiger partial charge in [0.1, 0.15) is 0 Å². The SMILES string of the molecule is COc1ccc(C(=O)NC(CC(=O)O)c2ccc(SC)cc2)nn1. The maximum Gasteiger partial charge on any atom is 0.305 e. The Hall–Kier alpha value is -2.61. The van der Waals surface area contributed by atoms with E-state index >= 15 is 0 Å². The van der Waals surface area contributed by atoms with Crippen molar-refractivity contribution >= 4 is 23.6 Å². The highest BCUT2D eigenvalue weighted by atomic mass is 32.2. The summed E-state index contributed by atoms with van der Waals surface area (Å²) in [6, 6.07) is 9.70. The van der Waals surface area contributed by atoms with Crippen molar-refractivity contribution in [2.75, 3.05) is 13.4 Å².